The zero-order valence-corrected chi connectivity index (χ0v) is 10.1. The molecule has 2 N–H and O–H groups in total. The van der Waals surface area contributed by atoms with Crippen LogP contribution in [0.25, 0.3) is 0 Å². The first-order valence-corrected chi connectivity index (χ1v) is 6.77. The van der Waals surface area contributed by atoms with Gasteiger partial charge in [-0.15, -0.1) is 0 Å². The predicted octanol–water partition coefficient (Wildman–Crippen LogP) is 1.01. The fourth-order valence-electron chi connectivity index (χ4n) is 1.01. The first-order chi connectivity index (χ1) is 7.80. The lowest BCUT2D eigenvalue weighted by Gasteiger charge is -2.06. The van der Waals surface area contributed by atoms with Crippen molar-refractivity contribution < 1.29 is 22.3 Å². The van der Waals surface area contributed by atoms with E-state index in [9.17, 15) is 17.6 Å². The van der Waals surface area contributed by atoms with Crippen LogP contribution in [0.3, 0.4) is 0 Å². The molecule has 94 valence electrons. The van der Waals surface area contributed by atoms with Crippen molar-refractivity contribution in [1.82, 2.24) is 0 Å². The fraction of sp³-hybridized carbons (Fsp3) is 0.222. The number of benzene rings is 1. The summed E-state index contributed by atoms with van der Waals surface area (Å²) in [5.74, 6) is -1.63. The van der Waals surface area contributed by atoms with E-state index in [1.807, 2.05) is 0 Å². The summed E-state index contributed by atoms with van der Waals surface area (Å²) in [5.41, 5.74) is 4.87. The predicted molar refractivity (Wildman–Crippen MR) is 58.7 cm³/mol. The van der Waals surface area contributed by atoms with Crippen molar-refractivity contribution in [3.8, 4) is 5.75 Å². The number of hydrogen-bond acceptors (Lipinski definition) is 4. The van der Waals surface area contributed by atoms with Gasteiger partial charge < -0.3 is 10.5 Å². The van der Waals surface area contributed by atoms with Crippen LogP contribution in [-0.2, 0) is 13.8 Å². The van der Waals surface area contributed by atoms with Gasteiger partial charge in [0.05, 0.1) is 17.9 Å². The smallest absolute Gasteiger partial charge is 0.261 e. The SMILES string of the molecule is NC(=O)CCOc1ccc(S(=O)(=O)Cl)cc1F. The minimum Gasteiger partial charge on any atom is -0.490 e. The van der Waals surface area contributed by atoms with Crippen LogP contribution in [0.2, 0.25) is 0 Å². The van der Waals surface area contributed by atoms with Crippen molar-refractivity contribution in [3.63, 3.8) is 0 Å². The van der Waals surface area contributed by atoms with E-state index in [1.165, 1.54) is 0 Å². The number of hydrogen-bond donors (Lipinski definition) is 1. The van der Waals surface area contributed by atoms with E-state index in [0.717, 1.165) is 18.2 Å². The second-order valence-electron chi connectivity index (χ2n) is 3.09. The van der Waals surface area contributed by atoms with E-state index in [4.69, 9.17) is 21.2 Å². The van der Waals surface area contributed by atoms with E-state index in [-0.39, 0.29) is 23.7 Å². The number of rotatable bonds is 5. The average molecular weight is 282 g/mol. The molecule has 5 nitrogen and oxygen atoms in total. The molecule has 0 aliphatic heterocycles. The number of halogens is 2. The highest BCUT2D eigenvalue weighted by Crippen LogP contribution is 2.23. The van der Waals surface area contributed by atoms with Crippen molar-refractivity contribution in [2.75, 3.05) is 6.61 Å². The molecule has 0 fully saturated rings. The maximum atomic E-state index is 13.3. The van der Waals surface area contributed by atoms with Crippen LogP contribution in [0.4, 0.5) is 4.39 Å². The monoisotopic (exact) mass is 281 g/mol. The van der Waals surface area contributed by atoms with Crippen LogP contribution in [0.5, 0.6) is 5.75 Å². The van der Waals surface area contributed by atoms with Gasteiger partial charge in [-0.2, -0.15) is 0 Å². The average Bonchev–Trinajstić information content (AvgIpc) is 2.18. The quantitative estimate of drug-likeness (QED) is 0.816. The summed E-state index contributed by atoms with van der Waals surface area (Å²) in [5, 5.41) is 0. The molecule has 0 aliphatic rings. The van der Waals surface area contributed by atoms with Gasteiger partial charge in [-0.3, -0.25) is 4.79 Å². The molecule has 8 heteroatoms. The van der Waals surface area contributed by atoms with Crippen molar-refractivity contribution in [1.29, 1.82) is 0 Å². The summed E-state index contributed by atoms with van der Waals surface area (Å²) in [7, 11) is 1.06. The normalized spacial score (nSPS) is 11.2. The van der Waals surface area contributed by atoms with Crippen LogP contribution < -0.4 is 10.5 Å². The molecule has 1 rings (SSSR count). The first kappa shape index (κ1) is 13.7. The first-order valence-electron chi connectivity index (χ1n) is 4.46. The Bertz CT molecular complexity index is 532. The molecular formula is C9H9ClFNO4S. The second kappa shape index (κ2) is 5.33. The molecule has 0 spiro atoms. The molecule has 0 aliphatic carbocycles. The Balaban J connectivity index is 2.80. The highest BCUT2D eigenvalue weighted by atomic mass is 35.7. The third-order valence-corrected chi connectivity index (χ3v) is 3.14. The number of primary amides is 1. The van der Waals surface area contributed by atoms with Gasteiger partial charge in [-0.1, -0.05) is 0 Å². The third-order valence-electron chi connectivity index (χ3n) is 1.79. The Labute approximate surface area is 102 Å². The molecule has 1 aromatic rings. The highest BCUT2D eigenvalue weighted by molar-refractivity contribution is 8.13. The van der Waals surface area contributed by atoms with Gasteiger partial charge in [0.1, 0.15) is 0 Å². The van der Waals surface area contributed by atoms with E-state index in [2.05, 4.69) is 0 Å². The van der Waals surface area contributed by atoms with Crippen molar-refractivity contribution in [2.24, 2.45) is 5.73 Å². The minimum atomic E-state index is -3.97. The summed E-state index contributed by atoms with van der Waals surface area (Å²) < 4.78 is 40.0. The van der Waals surface area contributed by atoms with E-state index in [0.29, 0.717) is 0 Å². The molecule has 0 saturated carbocycles. The number of ether oxygens (including phenoxy) is 1. The molecule has 0 aromatic heterocycles. The molecular weight excluding hydrogens is 273 g/mol. The molecule has 1 amide bonds. The Morgan fingerprint density at radius 2 is 2.12 bits per heavy atom. The standard InChI is InChI=1S/C9H9ClFNO4S/c10-17(14,15)6-1-2-8(7(11)5-6)16-4-3-9(12)13/h1-2,5H,3-4H2,(H2,12,13). The fourth-order valence-corrected chi connectivity index (χ4v) is 1.77. The summed E-state index contributed by atoms with van der Waals surface area (Å²) in [4.78, 5) is 10.0. The van der Waals surface area contributed by atoms with Crippen LogP contribution in [-0.4, -0.2) is 20.9 Å². The van der Waals surface area contributed by atoms with Crippen LogP contribution in [0, 0.1) is 5.82 Å². The summed E-state index contributed by atoms with van der Waals surface area (Å²) in [6.45, 7) is -0.0841. The summed E-state index contributed by atoms with van der Waals surface area (Å²) in [6.07, 6.45) is -0.0605. The molecule has 1 aromatic carbocycles. The number of carbonyl (C=O) groups is 1. The van der Waals surface area contributed by atoms with Crippen LogP contribution in [0.1, 0.15) is 6.42 Å². The molecule has 0 radical (unpaired) electrons. The zero-order chi connectivity index (χ0) is 13.1. The lowest BCUT2D eigenvalue weighted by atomic mass is 10.3. The Morgan fingerprint density at radius 3 is 2.59 bits per heavy atom. The van der Waals surface area contributed by atoms with Gasteiger partial charge in [0.15, 0.2) is 11.6 Å². The third kappa shape index (κ3) is 4.20. The second-order valence-corrected chi connectivity index (χ2v) is 5.66. The van der Waals surface area contributed by atoms with Gasteiger partial charge in [-0.05, 0) is 18.2 Å². The van der Waals surface area contributed by atoms with E-state index in [1.54, 1.807) is 0 Å². The number of amides is 1. The van der Waals surface area contributed by atoms with Gasteiger partial charge in [0.25, 0.3) is 9.05 Å². The zero-order valence-electron chi connectivity index (χ0n) is 8.52. The maximum absolute atomic E-state index is 13.3. The Kier molecular flexibility index (Phi) is 4.30. The lowest BCUT2D eigenvalue weighted by Crippen LogP contribution is -2.14. The molecule has 0 saturated heterocycles. The Morgan fingerprint density at radius 1 is 1.47 bits per heavy atom. The molecule has 0 atom stereocenters. The van der Waals surface area contributed by atoms with Crippen molar-refractivity contribution in [3.05, 3.63) is 24.0 Å². The highest BCUT2D eigenvalue weighted by Gasteiger charge is 2.13. The van der Waals surface area contributed by atoms with Crippen molar-refractivity contribution in [2.45, 2.75) is 11.3 Å². The van der Waals surface area contributed by atoms with E-state index < -0.39 is 20.8 Å². The van der Waals surface area contributed by atoms with Crippen molar-refractivity contribution >= 4 is 25.6 Å². The topological polar surface area (TPSA) is 86.5 Å². The minimum absolute atomic E-state index is 0.0605. The van der Waals surface area contributed by atoms with E-state index >= 15 is 0 Å². The molecule has 0 unspecified atom stereocenters. The van der Waals surface area contributed by atoms with Crippen LogP contribution >= 0.6 is 10.7 Å². The molecule has 17 heavy (non-hydrogen) atoms. The van der Waals surface area contributed by atoms with Gasteiger partial charge in [0, 0.05) is 10.7 Å². The lowest BCUT2D eigenvalue weighted by molar-refractivity contribution is -0.118. The maximum Gasteiger partial charge on any atom is 0.261 e. The number of carbonyl (C=O) groups excluding carboxylic acids is 1. The van der Waals surface area contributed by atoms with Gasteiger partial charge in [-0.25, -0.2) is 12.8 Å². The molecule has 0 heterocycles. The summed E-state index contributed by atoms with van der Waals surface area (Å²) in [6, 6.07) is 2.96. The largest absolute Gasteiger partial charge is 0.490 e. The van der Waals surface area contributed by atoms with Gasteiger partial charge >= 0.3 is 0 Å². The molecule has 0 bridgehead atoms. The van der Waals surface area contributed by atoms with Crippen LogP contribution in [0.15, 0.2) is 23.1 Å². The summed E-state index contributed by atoms with van der Waals surface area (Å²) >= 11 is 0. The Hall–Kier alpha value is -1.34. The number of nitrogens with two attached hydrogens (primary N) is 1. The van der Waals surface area contributed by atoms with Gasteiger partial charge in [0.2, 0.25) is 5.91 Å².